The summed E-state index contributed by atoms with van der Waals surface area (Å²) < 4.78 is 5.18. The molecule has 1 N–H and O–H groups in total. The van der Waals surface area contributed by atoms with Crippen LogP contribution in [0.15, 0.2) is 41.8 Å². The predicted molar refractivity (Wildman–Crippen MR) is 61.4 cm³/mol. The van der Waals surface area contributed by atoms with Gasteiger partial charge in [0.2, 0.25) is 0 Å². The number of aliphatic hydroxyl groups is 1. The third kappa shape index (κ3) is 2.03. The molecule has 1 aromatic heterocycles. The largest absolute Gasteiger partial charge is 0.495 e. The quantitative estimate of drug-likeness (QED) is 0.861. The van der Waals surface area contributed by atoms with E-state index >= 15 is 0 Å². The highest BCUT2D eigenvalue weighted by Gasteiger charge is 2.16. The molecule has 0 fully saturated rings. The smallest absolute Gasteiger partial charge is 0.135 e. The lowest BCUT2D eigenvalue weighted by molar-refractivity contribution is 0.219. The highest BCUT2D eigenvalue weighted by molar-refractivity contribution is 7.10. The van der Waals surface area contributed by atoms with Crippen molar-refractivity contribution in [3.05, 3.63) is 52.2 Å². The van der Waals surface area contributed by atoms with Crippen LogP contribution in [0, 0.1) is 0 Å². The van der Waals surface area contributed by atoms with Crippen LogP contribution in [0.2, 0.25) is 0 Å². The molecule has 0 radical (unpaired) electrons. The SMILES string of the molecule is COc1ccsc1C(O)c1ccccc1. The average Bonchev–Trinajstić information content (AvgIpc) is 2.77. The molecular weight excluding hydrogens is 208 g/mol. The van der Waals surface area contributed by atoms with Crippen molar-refractivity contribution in [3.63, 3.8) is 0 Å². The Morgan fingerprint density at radius 1 is 1.20 bits per heavy atom. The standard InChI is InChI=1S/C12H12O2S/c1-14-10-7-8-15-12(10)11(13)9-5-3-2-4-6-9/h2-8,11,13H,1H3. The van der Waals surface area contributed by atoms with Crippen LogP contribution in [0.1, 0.15) is 16.5 Å². The Labute approximate surface area is 92.8 Å². The van der Waals surface area contributed by atoms with Gasteiger partial charge in [0.15, 0.2) is 0 Å². The zero-order valence-electron chi connectivity index (χ0n) is 8.38. The fourth-order valence-corrected chi connectivity index (χ4v) is 2.33. The summed E-state index contributed by atoms with van der Waals surface area (Å²) in [6.07, 6.45) is -0.596. The molecule has 0 aliphatic heterocycles. The van der Waals surface area contributed by atoms with Crippen molar-refractivity contribution in [2.75, 3.05) is 7.11 Å². The Bertz CT molecular complexity index is 422. The number of hydrogen-bond acceptors (Lipinski definition) is 3. The summed E-state index contributed by atoms with van der Waals surface area (Å²) in [6.45, 7) is 0. The molecule has 1 aromatic carbocycles. The van der Waals surface area contributed by atoms with Gasteiger partial charge in [0.1, 0.15) is 11.9 Å². The fraction of sp³-hybridized carbons (Fsp3) is 0.167. The number of benzene rings is 1. The average molecular weight is 220 g/mol. The van der Waals surface area contributed by atoms with Crippen LogP contribution in [0.4, 0.5) is 0 Å². The van der Waals surface area contributed by atoms with Crippen molar-refractivity contribution in [2.45, 2.75) is 6.10 Å². The third-order valence-electron chi connectivity index (χ3n) is 2.24. The van der Waals surface area contributed by atoms with Crippen LogP contribution < -0.4 is 4.74 Å². The molecule has 3 heteroatoms. The van der Waals surface area contributed by atoms with E-state index in [1.807, 2.05) is 41.8 Å². The molecule has 2 rings (SSSR count). The zero-order valence-corrected chi connectivity index (χ0v) is 9.20. The van der Waals surface area contributed by atoms with Crippen LogP contribution in [-0.2, 0) is 0 Å². The summed E-state index contributed by atoms with van der Waals surface area (Å²) in [6, 6.07) is 11.4. The summed E-state index contributed by atoms with van der Waals surface area (Å²) in [7, 11) is 1.61. The van der Waals surface area contributed by atoms with E-state index in [1.54, 1.807) is 7.11 Å². The van der Waals surface area contributed by atoms with E-state index in [0.29, 0.717) is 0 Å². The topological polar surface area (TPSA) is 29.5 Å². The molecule has 0 aliphatic carbocycles. The fourth-order valence-electron chi connectivity index (χ4n) is 1.46. The van der Waals surface area contributed by atoms with E-state index < -0.39 is 6.10 Å². The summed E-state index contributed by atoms with van der Waals surface area (Å²) in [5.41, 5.74) is 0.887. The second kappa shape index (κ2) is 4.47. The van der Waals surface area contributed by atoms with Crippen molar-refractivity contribution < 1.29 is 9.84 Å². The monoisotopic (exact) mass is 220 g/mol. The Morgan fingerprint density at radius 2 is 1.93 bits per heavy atom. The molecule has 78 valence electrons. The maximum Gasteiger partial charge on any atom is 0.135 e. The minimum atomic E-state index is -0.596. The second-order valence-electron chi connectivity index (χ2n) is 3.17. The van der Waals surface area contributed by atoms with E-state index in [2.05, 4.69) is 0 Å². The van der Waals surface area contributed by atoms with E-state index in [4.69, 9.17) is 4.74 Å². The number of rotatable bonds is 3. The van der Waals surface area contributed by atoms with Gasteiger partial charge in [-0.3, -0.25) is 0 Å². The van der Waals surface area contributed by atoms with E-state index in [9.17, 15) is 5.11 Å². The van der Waals surface area contributed by atoms with Gasteiger partial charge in [0.25, 0.3) is 0 Å². The molecular formula is C12H12O2S. The van der Waals surface area contributed by atoms with Crippen LogP contribution in [0.5, 0.6) is 5.75 Å². The van der Waals surface area contributed by atoms with Gasteiger partial charge in [-0.1, -0.05) is 30.3 Å². The maximum absolute atomic E-state index is 10.1. The van der Waals surface area contributed by atoms with Gasteiger partial charge in [-0.2, -0.15) is 0 Å². The lowest BCUT2D eigenvalue weighted by Gasteiger charge is -2.10. The molecule has 1 unspecified atom stereocenters. The summed E-state index contributed by atoms with van der Waals surface area (Å²) in [5, 5.41) is 12.0. The first-order valence-electron chi connectivity index (χ1n) is 4.67. The van der Waals surface area contributed by atoms with Gasteiger partial charge >= 0.3 is 0 Å². The first-order chi connectivity index (χ1) is 7.33. The minimum absolute atomic E-state index is 0.596. The molecule has 2 nitrogen and oxygen atoms in total. The molecule has 15 heavy (non-hydrogen) atoms. The molecule has 1 atom stereocenters. The Balaban J connectivity index is 2.32. The molecule has 0 amide bonds. The highest BCUT2D eigenvalue weighted by Crippen LogP contribution is 2.34. The Kier molecular flexibility index (Phi) is 3.04. The first-order valence-corrected chi connectivity index (χ1v) is 5.55. The lowest BCUT2D eigenvalue weighted by Crippen LogP contribution is -1.98. The Hall–Kier alpha value is -1.32. The zero-order chi connectivity index (χ0) is 10.7. The van der Waals surface area contributed by atoms with Crippen molar-refractivity contribution in [1.82, 2.24) is 0 Å². The van der Waals surface area contributed by atoms with Crippen LogP contribution in [0.25, 0.3) is 0 Å². The predicted octanol–water partition coefficient (Wildman–Crippen LogP) is 2.84. The number of thiophene rings is 1. The van der Waals surface area contributed by atoms with Crippen LogP contribution in [0.3, 0.4) is 0 Å². The molecule has 0 aliphatic rings. The van der Waals surface area contributed by atoms with Crippen LogP contribution in [-0.4, -0.2) is 12.2 Å². The van der Waals surface area contributed by atoms with Gasteiger partial charge in [-0.15, -0.1) is 11.3 Å². The maximum atomic E-state index is 10.1. The van der Waals surface area contributed by atoms with Gasteiger partial charge in [0, 0.05) is 0 Å². The molecule has 0 saturated carbocycles. The minimum Gasteiger partial charge on any atom is -0.495 e. The van der Waals surface area contributed by atoms with Gasteiger partial charge in [0.05, 0.1) is 12.0 Å². The van der Waals surface area contributed by atoms with Crippen LogP contribution >= 0.6 is 11.3 Å². The van der Waals surface area contributed by atoms with E-state index in [0.717, 1.165) is 16.2 Å². The lowest BCUT2D eigenvalue weighted by atomic mass is 10.1. The first kappa shape index (κ1) is 10.2. The molecule has 0 spiro atoms. The van der Waals surface area contributed by atoms with Crippen molar-refractivity contribution in [2.24, 2.45) is 0 Å². The number of ether oxygens (including phenoxy) is 1. The van der Waals surface area contributed by atoms with Gasteiger partial charge < -0.3 is 9.84 Å². The highest BCUT2D eigenvalue weighted by atomic mass is 32.1. The van der Waals surface area contributed by atoms with E-state index in [-0.39, 0.29) is 0 Å². The van der Waals surface area contributed by atoms with Gasteiger partial charge in [-0.05, 0) is 17.0 Å². The van der Waals surface area contributed by atoms with Crippen molar-refractivity contribution in [1.29, 1.82) is 0 Å². The molecule has 0 bridgehead atoms. The molecule has 0 saturated heterocycles. The normalized spacial score (nSPS) is 12.4. The summed E-state index contributed by atoms with van der Waals surface area (Å²) in [4.78, 5) is 0.851. The van der Waals surface area contributed by atoms with Gasteiger partial charge in [-0.25, -0.2) is 0 Å². The van der Waals surface area contributed by atoms with E-state index in [1.165, 1.54) is 11.3 Å². The second-order valence-corrected chi connectivity index (χ2v) is 4.11. The molecule has 2 aromatic rings. The number of aliphatic hydroxyl groups excluding tert-OH is 1. The van der Waals surface area contributed by atoms with Crippen molar-refractivity contribution in [3.8, 4) is 5.75 Å². The summed E-state index contributed by atoms with van der Waals surface area (Å²) >= 11 is 1.50. The third-order valence-corrected chi connectivity index (χ3v) is 3.19. The number of methoxy groups -OCH3 is 1. The number of hydrogen-bond donors (Lipinski definition) is 1. The Morgan fingerprint density at radius 3 is 2.60 bits per heavy atom. The molecule has 1 heterocycles. The summed E-state index contributed by atoms with van der Waals surface area (Å²) in [5.74, 6) is 0.747. The van der Waals surface area contributed by atoms with Crippen molar-refractivity contribution >= 4 is 11.3 Å².